The number of carboxylic acid groups (broad SMARTS) is 1. The minimum Gasteiger partial charge on any atom is -0.490 e. The highest BCUT2D eigenvalue weighted by Crippen LogP contribution is 2.28. The summed E-state index contributed by atoms with van der Waals surface area (Å²) >= 11 is 0. The molecule has 0 spiro atoms. The van der Waals surface area contributed by atoms with E-state index in [2.05, 4.69) is 5.32 Å². The van der Waals surface area contributed by atoms with Crippen molar-refractivity contribution in [2.45, 2.75) is 20.8 Å². The Kier molecular flexibility index (Phi) is 6.52. The third kappa shape index (κ3) is 5.72. The summed E-state index contributed by atoms with van der Waals surface area (Å²) in [6.07, 6.45) is 0. The van der Waals surface area contributed by atoms with Gasteiger partial charge >= 0.3 is 5.97 Å². The van der Waals surface area contributed by atoms with Gasteiger partial charge in [-0.2, -0.15) is 0 Å². The molecule has 0 aromatic heterocycles. The van der Waals surface area contributed by atoms with Crippen LogP contribution in [0.2, 0.25) is 0 Å². The van der Waals surface area contributed by atoms with Gasteiger partial charge in [0.1, 0.15) is 0 Å². The lowest BCUT2D eigenvalue weighted by Gasteiger charge is -2.13. The molecule has 0 radical (unpaired) electrons. The Bertz CT molecular complexity index is 499. The number of ether oxygens (including phenoxy) is 2. The zero-order chi connectivity index (χ0) is 15.8. The van der Waals surface area contributed by atoms with Gasteiger partial charge in [0.2, 0.25) is 0 Å². The van der Waals surface area contributed by atoms with E-state index in [0.29, 0.717) is 30.6 Å². The molecule has 116 valence electrons. The van der Waals surface area contributed by atoms with Crippen LogP contribution in [0.15, 0.2) is 18.2 Å². The fraction of sp³-hybridized carbons (Fsp3) is 0.467. The Morgan fingerprint density at radius 3 is 2.52 bits per heavy atom. The molecule has 0 saturated carbocycles. The zero-order valence-electron chi connectivity index (χ0n) is 12.5. The molecule has 0 bridgehead atoms. The largest absolute Gasteiger partial charge is 0.490 e. The quantitative estimate of drug-likeness (QED) is 0.765. The van der Waals surface area contributed by atoms with Crippen LogP contribution >= 0.6 is 0 Å². The van der Waals surface area contributed by atoms with Crippen molar-refractivity contribution in [1.29, 1.82) is 0 Å². The average Bonchev–Trinajstić information content (AvgIpc) is 2.43. The maximum Gasteiger partial charge on any atom is 0.335 e. The van der Waals surface area contributed by atoms with E-state index in [1.807, 2.05) is 13.8 Å². The first kappa shape index (κ1) is 16.8. The van der Waals surface area contributed by atoms with Gasteiger partial charge in [-0.3, -0.25) is 4.79 Å². The first-order valence-electron chi connectivity index (χ1n) is 6.83. The van der Waals surface area contributed by atoms with Crippen LogP contribution in [0, 0.1) is 5.92 Å². The number of hydrogen-bond donors (Lipinski definition) is 2. The molecule has 0 atom stereocenters. The summed E-state index contributed by atoms with van der Waals surface area (Å²) in [6.45, 7) is 6.60. The van der Waals surface area contributed by atoms with E-state index in [0.717, 1.165) is 0 Å². The Morgan fingerprint density at radius 2 is 1.95 bits per heavy atom. The Morgan fingerprint density at radius 1 is 1.24 bits per heavy atom. The molecule has 2 N–H and O–H groups in total. The smallest absolute Gasteiger partial charge is 0.335 e. The second-order valence-corrected chi connectivity index (χ2v) is 4.89. The lowest BCUT2D eigenvalue weighted by molar-refractivity contribution is -0.123. The van der Waals surface area contributed by atoms with Crippen LogP contribution < -0.4 is 14.8 Å². The number of rotatable bonds is 8. The molecule has 0 aliphatic carbocycles. The number of carbonyl (C=O) groups excluding carboxylic acids is 1. The van der Waals surface area contributed by atoms with Crippen molar-refractivity contribution in [1.82, 2.24) is 5.32 Å². The lowest BCUT2D eigenvalue weighted by atomic mass is 10.2. The molecule has 0 aliphatic heterocycles. The van der Waals surface area contributed by atoms with E-state index < -0.39 is 5.97 Å². The van der Waals surface area contributed by atoms with Gasteiger partial charge in [-0.25, -0.2) is 4.79 Å². The van der Waals surface area contributed by atoms with Gasteiger partial charge in [0.25, 0.3) is 5.91 Å². The Labute approximate surface area is 124 Å². The maximum absolute atomic E-state index is 11.6. The third-order valence-electron chi connectivity index (χ3n) is 2.56. The molecule has 1 amide bonds. The predicted molar refractivity (Wildman–Crippen MR) is 77.9 cm³/mol. The van der Waals surface area contributed by atoms with Gasteiger partial charge in [-0.1, -0.05) is 13.8 Å². The van der Waals surface area contributed by atoms with Gasteiger partial charge in [-0.05, 0) is 31.0 Å². The van der Waals surface area contributed by atoms with Crippen molar-refractivity contribution in [3.8, 4) is 11.5 Å². The Hall–Kier alpha value is -2.24. The zero-order valence-corrected chi connectivity index (χ0v) is 12.5. The second kappa shape index (κ2) is 8.14. The molecule has 1 aromatic carbocycles. The van der Waals surface area contributed by atoms with Crippen molar-refractivity contribution in [3.63, 3.8) is 0 Å². The monoisotopic (exact) mass is 295 g/mol. The highest BCUT2D eigenvalue weighted by Gasteiger charge is 2.12. The molecule has 0 aliphatic rings. The van der Waals surface area contributed by atoms with Crippen molar-refractivity contribution in [3.05, 3.63) is 23.8 Å². The highest BCUT2D eigenvalue weighted by atomic mass is 16.5. The first-order valence-corrected chi connectivity index (χ1v) is 6.83. The molecule has 0 fully saturated rings. The van der Waals surface area contributed by atoms with Crippen molar-refractivity contribution < 1.29 is 24.2 Å². The number of amides is 1. The summed E-state index contributed by atoms with van der Waals surface area (Å²) in [5.41, 5.74) is 0.107. The van der Waals surface area contributed by atoms with Crippen molar-refractivity contribution >= 4 is 11.9 Å². The van der Waals surface area contributed by atoms with Gasteiger partial charge in [0.05, 0.1) is 12.2 Å². The summed E-state index contributed by atoms with van der Waals surface area (Å²) in [7, 11) is 0. The minimum atomic E-state index is -1.04. The van der Waals surface area contributed by atoms with Gasteiger partial charge in [0, 0.05) is 6.54 Å². The van der Waals surface area contributed by atoms with Crippen LogP contribution in [0.4, 0.5) is 0 Å². The van der Waals surface area contributed by atoms with Crippen molar-refractivity contribution in [2.24, 2.45) is 5.92 Å². The second-order valence-electron chi connectivity index (χ2n) is 4.89. The summed E-state index contributed by atoms with van der Waals surface area (Å²) in [4.78, 5) is 22.5. The molecule has 0 saturated heterocycles. The van der Waals surface area contributed by atoms with E-state index in [4.69, 9.17) is 14.6 Å². The van der Waals surface area contributed by atoms with E-state index in [-0.39, 0.29) is 18.1 Å². The number of hydrogen-bond acceptors (Lipinski definition) is 4. The maximum atomic E-state index is 11.6. The summed E-state index contributed by atoms with van der Waals surface area (Å²) < 4.78 is 10.7. The fourth-order valence-corrected chi connectivity index (χ4v) is 1.54. The SMILES string of the molecule is CCOc1cc(C(=O)O)ccc1OCC(=O)NCC(C)C. The molecule has 1 rings (SSSR count). The fourth-order valence-electron chi connectivity index (χ4n) is 1.54. The third-order valence-corrected chi connectivity index (χ3v) is 2.56. The highest BCUT2D eigenvalue weighted by molar-refractivity contribution is 5.88. The molecular weight excluding hydrogens is 274 g/mol. The van der Waals surface area contributed by atoms with Crippen LogP contribution in [-0.2, 0) is 4.79 Å². The van der Waals surface area contributed by atoms with Crippen LogP contribution in [0.5, 0.6) is 11.5 Å². The number of carboxylic acids is 1. The van der Waals surface area contributed by atoms with Crippen LogP contribution in [0.3, 0.4) is 0 Å². The van der Waals surface area contributed by atoms with Gasteiger partial charge < -0.3 is 19.9 Å². The average molecular weight is 295 g/mol. The van der Waals surface area contributed by atoms with Crippen LogP contribution in [0.1, 0.15) is 31.1 Å². The van der Waals surface area contributed by atoms with Crippen molar-refractivity contribution in [2.75, 3.05) is 19.8 Å². The summed E-state index contributed by atoms with van der Waals surface area (Å²) in [5, 5.41) is 11.7. The van der Waals surface area contributed by atoms with Gasteiger partial charge in [0.15, 0.2) is 18.1 Å². The Balaban J connectivity index is 2.69. The normalized spacial score (nSPS) is 10.3. The number of aromatic carboxylic acids is 1. The molecule has 6 nitrogen and oxygen atoms in total. The lowest BCUT2D eigenvalue weighted by Crippen LogP contribution is -2.31. The topological polar surface area (TPSA) is 84.9 Å². The summed E-state index contributed by atoms with van der Waals surface area (Å²) in [6, 6.07) is 4.28. The van der Waals surface area contributed by atoms with Crippen LogP contribution in [0.25, 0.3) is 0 Å². The number of carbonyl (C=O) groups is 2. The predicted octanol–water partition coefficient (Wildman–Crippen LogP) is 1.93. The van der Waals surface area contributed by atoms with E-state index in [1.165, 1.54) is 18.2 Å². The molecular formula is C15H21NO5. The minimum absolute atomic E-state index is 0.107. The summed E-state index contributed by atoms with van der Waals surface area (Å²) in [5.74, 6) is -0.246. The molecule has 0 heterocycles. The molecule has 6 heteroatoms. The van der Waals surface area contributed by atoms with E-state index in [1.54, 1.807) is 6.92 Å². The molecule has 21 heavy (non-hydrogen) atoms. The number of benzene rings is 1. The molecule has 0 unspecified atom stereocenters. The van der Waals surface area contributed by atoms with Crippen LogP contribution in [-0.4, -0.2) is 36.7 Å². The standard InChI is InChI=1S/C15H21NO5/c1-4-20-13-7-11(15(18)19)5-6-12(13)21-9-14(17)16-8-10(2)3/h5-7,10H,4,8-9H2,1-3H3,(H,16,17)(H,18,19). The number of nitrogens with one attached hydrogen (secondary N) is 1. The first-order chi connectivity index (χ1) is 9.93. The van der Waals surface area contributed by atoms with E-state index in [9.17, 15) is 9.59 Å². The molecule has 1 aromatic rings. The van der Waals surface area contributed by atoms with E-state index >= 15 is 0 Å². The van der Waals surface area contributed by atoms with Gasteiger partial charge in [-0.15, -0.1) is 0 Å².